The lowest BCUT2D eigenvalue weighted by atomic mass is 10.1. The van der Waals surface area contributed by atoms with Crippen LogP contribution in [-0.4, -0.2) is 44.3 Å². The van der Waals surface area contributed by atoms with Crippen LogP contribution in [0.5, 0.6) is 0 Å². The number of nitrogens with zero attached hydrogens (tertiary/aromatic N) is 2. The van der Waals surface area contributed by atoms with E-state index in [0.717, 1.165) is 4.31 Å². The van der Waals surface area contributed by atoms with Gasteiger partial charge in [-0.25, -0.2) is 8.42 Å². The van der Waals surface area contributed by atoms with E-state index in [1.54, 1.807) is 67.6 Å². The molecule has 0 aliphatic heterocycles. The van der Waals surface area contributed by atoms with E-state index < -0.39 is 28.5 Å². The summed E-state index contributed by atoms with van der Waals surface area (Å²) in [5.74, 6) is -0.698. The number of halogens is 2. The fourth-order valence-corrected chi connectivity index (χ4v) is 5.71. The number of sulfonamides is 1. The number of rotatable bonds is 11. The van der Waals surface area contributed by atoms with Crippen LogP contribution in [0.3, 0.4) is 0 Å². The third-order valence-electron chi connectivity index (χ3n) is 5.83. The molecule has 0 aromatic heterocycles. The summed E-state index contributed by atoms with van der Waals surface area (Å²) < 4.78 is 28.4. The Morgan fingerprint density at radius 3 is 2.18 bits per heavy atom. The van der Waals surface area contributed by atoms with Gasteiger partial charge in [0.2, 0.25) is 11.8 Å². The predicted octanol–water partition coefficient (Wildman–Crippen LogP) is 5.38. The van der Waals surface area contributed by atoms with Gasteiger partial charge in [0.25, 0.3) is 10.0 Å². The van der Waals surface area contributed by atoms with E-state index in [1.807, 2.05) is 13.8 Å². The van der Waals surface area contributed by atoms with Crippen LogP contribution < -0.4 is 9.62 Å². The molecule has 202 valence electrons. The van der Waals surface area contributed by atoms with Crippen molar-refractivity contribution < 1.29 is 18.0 Å². The topological polar surface area (TPSA) is 86.8 Å². The summed E-state index contributed by atoms with van der Waals surface area (Å²) in [7, 11) is -4.17. The molecule has 3 rings (SSSR count). The normalized spacial score (nSPS) is 12.2. The van der Waals surface area contributed by atoms with E-state index in [4.69, 9.17) is 23.2 Å². The minimum atomic E-state index is -4.17. The summed E-state index contributed by atoms with van der Waals surface area (Å²) in [5.41, 5.74) is 0.857. The molecule has 0 bridgehead atoms. The van der Waals surface area contributed by atoms with Gasteiger partial charge in [-0.05, 0) is 54.8 Å². The molecule has 0 heterocycles. The number of hydrogen-bond acceptors (Lipinski definition) is 4. The van der Waals surface area contributed by atoms with Crippen molar-refractivity contribution in [2.24, 2.45) is 5.92 Å². The fourth-order valence-electron chi connectivity index (χ4n) is 3.75. The van der Waals surface area contributed by atoms with Gasteiger partial charge in [-0.3, -0.25) is 13.9 Å². The van der Waals surface area contributed by atoms with E-state index >= 15 is 0 Å². The van der Waals surface area contributed by atoms with Crippen molar-refractivity contribution in [3.05, 3.63) is 94.5 Å². The van der Waals surface area contributed by atoms with Gasteiger partial charge in [0.15, 0.2) is 0 Å². The summed E-state index contributed by atoms with van der Waals surface area (Å²) in [5, 5.41) is 3.51. The molecular formula is C28H31Cl2N3O4S. The van der Waals surface area contributed by atoms with Crippen molar-refractivity contribution in [1.29, 1.82) is 0 Å². The number of nitrogens with one attached hydrogen (secondary N) is 1. The number of hydrogen-bond donors (Lipinski definition) is 1. The maximum Gasteiger partial charge on any atom is 0.264 e. The number of carbonyl (C=O) groups excluding carboxylic acids is 2. The second kappa shape index (κ2) is 13.1. The number of benzene rings is 3. The molecule has 3 aromatic rings. The highest BCUT2D eigenvalue weighted by molar-refractivity contribution is 7.92. The summed E-state index contributed by atoms with van der Waals surface area (Å²) in [6, 6.07) is 20.3. The molecule has 0 unspecified atom stereocenters. The Bertz CT molecular complexity index is 1370. The van der Waals surface area contributed by atoms with Gasteiger partial charge < -0.3 is 10.2 Å². The zero-order valence-electron chi connectivity index (χ0n) is 21.5. The van der Waals surface area contributed by atoms with Crippen molar-refractivity contribution in [2.75, 3.05) is 17.4 Å². The van der Waals surface area contributed by atoms with Crippen molar-refractivity contribution in [3.8, 4) is 0 Å². The predicted molar refractivity (Wildman–Crippen MR) is 152 cm³/mol. The Morgan fingerprint density at radius 1 is 0.895 bits per heavy atom. The SMILES string of the molecule is CC(C)CNC(=O)[C@H](C)N(Cc1cccc(Cl)c1)C(=O)CN(c1ccccc1Cl)S(=O)(=O)c1ccccc1. The minimum absolute atomic E-state index is 0.0110. The van der Waals surface area contributed by atoms with Gasteiger partial charge in [-0.2, -0.15) is 0 Å². The Hall–Kier alpha value is -3.07. The van der Waals surface area contributed by atoms with Crippen molar-refractivity contribution >= 4 is 50.7 Å². The molecule has 7 nitrogen and oxygen atoms in total. The molecule has 38 heavy (non-hydrogen) atoms. The van der Waals surface area contributed by atoms with Crippen LogP contribution in [0.15, 0.2) is 83.8 Å². The number of carbonyl (C=O) groups is 2. The molecule has 0 aliphatic carbocycles. The van der Waals surface area contributed by atoms with Crippen LogP contribution in [-0.2, 0) is 26.2 Å². The molecule has 0 fully saturated rings. The number of amides is 2. The van der Waals surface area contributed by atoms with Crippen molar-refractivity contribution in [1.82, 2.24) is 10.2 Å². The molecule has 0 saturated heterocycles. The minimum Gasteiger partial charge on any atom is -0.354 e. The lowest BCUT2D eigenvalue weighted by Gasteiger charge is -2.32. The first-order valence-electron chi connectivity index (χ1n) is 12.1. The van der Waals surface area contributed by atoms with Crippen molar-refractivity contribution in [3.63, 3.8) is 0 Å². The maximum absolute atomic E-state index is 13.9. The van der Waals surface area contributed by atoms with Crippen LogP contribution in [0.1, 0.15) is 26.3 Å². The van der Waals surface area contributed by atoms with E-state index in [1.165, 1.54) is 23.1 Å². The zero-order valence-corrected chi connectivity index (χ0v) is 23.8. The Balaban J connectivity index is 2.01. The van der Waals surface area contributed by atoms with E-state index in [-0.39, 0.29) is 34.0 Å². The Morgan fingerprint density at radius 2 is 1.55 bits per heavy atom. The lowest BCUT2D eigenvalue weighted by molar-refractivity contribution is -0.139. The molecule has 3 aromatic carbocycles. The maximum atomic E-state index is 13.9. The van der Waals surface area contributed by atoms with E-state index in [0.29, 0.717) is 17.1 Å². The first kappa shape index (κ1) is 29.5. The first-order valence-corrected chi connectivity index (χ1v) is 14.3. The monoisotopic (exact) mass is 575 g/mol. The van der Waals surface area contributed by atoms with Gasteiger partial charge in [0.1, 0.15) is 12.6 Å². The Kier molecular flexibility index (Phi) is 10.2. The summed E-state index contributed by atoms with van der Waals surface area (Å²) in [4.78, 5) is 28.2. The summed E-state index contributed by atoms with van der Waals surface area (Å²) >= 11 is 12.6. The van der Waals surface area contributed by atoms with Gasteiger partial charge >= 0.3 is 0 Å². The average molecular weight is 577 g/mol. The summed E-state index contributed by atoms with van der Waals surface area (Å²) in [6.07, 6.45) is 0. The highest BCUT2D eigenvalue weighted by atomic mass is 35.5. The van der Waals surface area contributed by atoms with Crippen molar-refractivity contribution in [2.45, 2.75) is 38.3 Å². The highest BCUT2D eigenvalue weighted by Gasteiger charge is 2.33. The zero-order chi connectivity index (χ0) is 27.9. The Labute approximate surface area is 234 Å². The molecule has 0 aliphatic rings. The van der Waals surface area contributed by atoms with Crippen LogP contribution in [0, 0.1) is 5.92 Å². The summed E-state index contributed by atoms with van der Waals surface area (Å²) in [6.45, 7) is 5.48. The van der Waals surface area contributed by atoms with Crippen LogP contribution in [0.4, 0.5) is 5.69 Å². The average Bonchev–Trinajstić information content (AvgIpc) is 2.89. The first-order chi connectivity index (χ1) is 18.0. The standard InChI is InChI=1S/C28H31Cl2N3O4S/c1-20(2)17-31-28(35)21(3)32(18-22-10-9-11-23(29)16-22)27(34)19-33(26-15-8-7-14-25(26)30)38(36,37)24-12-5-4-6-13-24/h4-16,20-21H,17-19H2,1-3H3,(H,31,35)/t21-/m0/s1. The van der Waals surface area contributed by atoms with Gasteiger partial charge in [-0.15, -0.1) is 0 Å². The third kappa shape index (κ3) is 7.49. The largest absolute Gasteiger partial charge is 0.354 e. The molecule has 1 N–H and O–H groups in total. The molecule has 0 radical (unpaired) electrons. The fraction of sp³-hybridized carbons (Fsp3) is 0.286. The lowest BCUT2D eigenvalue weighted by Crippen LogP contribution is -2.51. The van der Waals surface area contributed by atoms with Gasteiger partial charge in [-0.1, -0.05) is 79.5 Å². The second-order valence-corrected chi connectivity index (χ2v) is 11.9. The molecule has 0 spiro atoms. The number of anilines is 1. The van der Waals surface area contributed by atoms with Crippen LogP contribution >= 0.6 is 23.2 Å². The molecule has 10 heteroatoms. The van der Waals surface area contributed by atoms with E-state index in [2.05, 4.69) is 5.32 Å². The highest BCUT2D eigenvalue weighted by Crippen LogP contribution is 2.30. The smallest absolute Gasteiger partial charge is 0.264 e. The number of para-hydroxylation sites is 1. The molecule has 0 saturated carbocycles. The van der Waals surface area contributed by atoms with Crippen LogP contribution in [0.2, 0.25) is 10.0 Å². The van der Waals surface area contributed by atoms with Gasteiger partial charge in [0, 0.05) is 18.1 Å². The molecular weight excluding hydrogens is 545 g/mol. The van der Waals surface area contributed by atoms with E-state index in [9.17, 15) is 18.0 Å². The third-order valence-corrected chi connectivity index (χ3v) is 8.15. The molecule has 2 amide bonds. The molecule has 1 atom stereocenters. The quantitative estimate of drug-likeness (QED) is 0.332. The second-order valence-electron chi connectivity index (χ2n) is 9.24. The van der Waals surface area contributed by atoms with Crippen LogP contribution in [0.25, 0.3) is 0 Å². The van der Waals surface area contributed by atoms with Gasteiger partial charge in [0.05, 0.1) is 15.6 Å².